The van der Waals surface area contributed by atoms with Crippen molar-refractivity contribution in [2.75, 3.05) is 11.9 Å². The lowest BCUT2D eigenvalue weighted by Crippen LogP contribution is -2.43. The summed E-state index contributed by atoms with van der Waals surface area (Å²) in [5.41, 5.74) is -0.0602. The first-order valence-electron chi connectivity index (χ1n) is 6.10. The minimum absolute atomic E-state index is 0.0708. The van der Waals surface area contributed by atoms with E-state index in [1.54, 1.807) is 6.07 Å². The molecule has 0 saturated carbocycles. The number of aliphatic hydroxyl groups is 1. The number of benzene rings is 1. The smallest absolute Gasteiger partial charge is 0.326 e. The van der Waals surface area contributed by atoms with E-state index < -0.39 is 30.0 Å². The minimum atomic E-state index is -1.23. The number of hydrogen-bond acceptors (Lipinski definition) is 4. The lowest BCUT2D eigenvalue weighted by Gasteiger charge is -2.21. The third kappa shape index (κ3) is 3.09. The highest BCUT2D eigenvalue weighted by Crippen LogP contribution is 2.21. The van der Waals surface area contributed by atoms with Gasteiger partial charge in [0.2, 0.25) is 0 Å². The fraction of sp³-hybridized carbons (Fsp3) is 0.308. The van der Waals surface area contributed by atoms with E-state index in [9.17, 15) is 19.1 Å². The summed E-state index contributed by atoms with van der Waals surface area (Å²) in [6.07, 6.45) is -0.999. The molecule has 0 bridgehead atoms. The molecule has 7 nitrogen and oxygen atoms in total. The maximum Gasteiger partial charge on any atom is 0.326 e. The number of halogens is 1. The number of carboxylic acid groups (broad SMARTS) is 1. The molecule has 2 unspecified atom stereocenters. The van der Waals surface area contributed by atoms with Crippen LogP contribution in [0.3, 0.4) is 0 Å². The van der Waals surface area contributed by atoms with E-state index in [-0.39, 0.29) is 24.2 Å². The van der Waals surface area contributed by atoms with Gasteiger partial charge in [-0.1, -0.05) is 0 Å². The van der Waals surface area contributed by atoms with Crippen molar-refractivity contribution in [1.82, 2.24) is 4.90 Å². The van der Waals surface area contributed by atoms with Crippen LogP contribution in [-0.2, 0) is 4.79 Å². The van der Waals surface area contributed by atoms with Gasteiger partial charge in [-0.3, -0.25) is 0 Å². The number of urea groups is 1. The molecular weight excluding hydrogens is 281 g/mol. The van der Waals surface area contributed by atoms with Gasteiger partial charge >= 0.3 is 12.0 Å². The highest BCUT2D eigenvalue weighted by atomic mass is 19.1. The number of nitrogens with zero attached hydrogens (tertiary/aromatic N) is 2. The van der Waals surface area contributed by atoms with Gasteiger partial charge in [0, 0.05) is 13.0 Å². The molecule has 2 atom stereocenters. The van der Waals surface area contributed by atoms with Crippen LogP contribution in [0.1, 0.15) is 12.0 Å². The summed E-state index contributed by atoms with van der Waals surface area (Å²) in [6, 6.07) is 3.29. The lowest BCUT2D eigenvalue weighted by atomic mass is 10.2. The normalized spacial score (nSPS) is 20.9. The monoisotopic (exact) mass is 293 g/mol. The Morgan fingerprint density at radius 2 is 2.19 bits per heavy atom. The Morgan fingerprint density at radius 3 is 2.76 bits per heavy atom. The van der Waals surface area contributed by atoms with Gasteiger partial charge in [0.1, 0.15) is 11.9 Å². The molecule has 1 fully saturated rings. The Hall–Kier alpha value is -2.66. The van der Waals surface area contributed by atoms with Crippen LogP contribution >= 0.6 is 0 Å². The second-order valence-electron chi connectivity index (χ2n) is 4.63. The van der Waals surface area contributed by atoms with Gasteiger partial charge in [-0.25, -0.2) is 14.0 Å². The molecular formula is C13H12FN3O4. The number of nitrogens with one attached hydrogen (secondary N) is 1. The second-order valence-corrected chi connectivity index (χ2v) is 4.63. The molecule has 0 radical (unpaired) electrons. The van der Waals surface area contributed by atoms with Crippen LogP contribution in [-0.4, -0.2) is 45.8 Å². The van der Waals surface area contributed by atoms with Crippen LogP contribution in [0.25, 0.3) is 0 Å². The molecule has 2 rings (SSSR count). The summed E-state index contributed by atoms with van der Waals surface area (Å²) in [5, 5.41) is 29.3. The fourth-order valence-corrected chi connectivity index (χ4v) is 2.15. The van der Waals surface area contributed by atoms with Crippen molar-refractivity contribution < 1.29 is 24.2 Å². The number of amides is 2. The fourth-order valence-electron chi connectivity index (χ4n) is 2.15. The van der Waals surface area contributed by atoms with Gasteiger partial charge in [0.05, 0.1) is 23.4 Å². The van der Waals surface area contributed by atoms with Crippen LogP contribution in [0.15, 0.2) is 18.2 Å². The number of aliphatic carboxylic acids is 1. The number of rotatable bonds is 2. The van der Waals surface area contributed by atoms with E-state index in [0.717, 1.165) is 11.0 Å². The van der Waals surface area contributed by atoms with Crippen molar-refractivity contribution >= 4 is 17.7 Å². The highest BCUT2D eigenvalue weighted by molar-refractivity contribution is 5.93. The second kappa shape index (κ2) is 5.76. The van der Waals surface area contributed by atoms with Gasteiger partial charge in [-0.2, -0.15) is 5.26 Å². The van der Waals surface area contributed by atoms with E-state index >= 15 is 0 Å². The van der Waals surface area contributed by atoms with Crippen molar-refractivity contribution in [2.24, 2.45) is 0 Å². The Bertz CT molecular complexity index is 628. The molecule has 2 amide bonds. The maximum absolute atomic E-state index is 13.7. The molecule has 1 heterocycles. The van der Waals surface area contributed by atoms with E-state index in [2.05, 4.69) is 5.32 Å². The molecule has 110 valence electrons. The average Bonchev–Trinajstić information content (AvgIpc) is 2.83. The van der Waals surface area contributed by atoms with E-state index in [0.29, 0.717) is 0 Å². The molecule has 21 heavy (non-hydrogen) atoms. The molecule has 0 aliphatic carbocycles. The predicted molar refractivity (Wildman–Crippen MR) is 68.9 cm³/mol. The first kappa shape index (κ1) is 14.7. The third-order valence-electron chi connectivity index (χ3n) is 3.16. The van der Waals surface area contributed by atoms with E-state index in [1.165, 1.54) is 12.1 Å². The van der Waals surface area contributed by atoms with Crippen molar-refractivity contribution in [3.8, 4) is 6.07 Å². The Balaban J connectivity index is 2.14. The summed E-state index contributed by atoms with van der Waals surface area (Å²) >= 11 is 0. The minimum Gasteiger partial charge on any atom is -0.480 e. The lowest BCUT2D eigenvalue weighted by molar-refractivity contribution is -0.141. The number of β-amino-alcohol motifs (C(OH)–C–C–N with tert-alkyl or cyclic N) is 1. The number of hydrogen-bond donors (Lipinski definition) is 3. The number of carboxylic acids is 1. The quantitative estimate of drug-likeness (QED) is 0.744. The first-order chi connectivity index (χ1) is 9.92. The summed E-state index contributed by atoms with van der Waals surface area (Å²) in [7, 11) is 0. The molecule has 0 aromatic heterocycles. The van der Waals surface area contributed by atoms with Gasteiger partial charge < -0.3 is 20.4 Å². The number of aliphatic hydroxyl groups excluding tert-OH is 1. The molecule has 8 heteroatoms. The molecule has 1 aliphatic rings. The van der Waals surface area contributed by atoms with Crippen LogP contribution in [0, 0.1) is 17.1 Å². The van der Waals surface area contributed by atoms with Crippen LogP contribution in [0.2, 0.25) is 0 Å². The number of carbonyl (C=O) groups excluding carboxylic acids is 1. The zero-order valence-corrected chi connectivity index (χ0v) is 10.8. The third-order valence-corrected chi connectivity index (χ3v) is 3.16. The van der Waals surface area contributed by atoms with Crippen LogP contribution in [0.5, 0.6) is 0 Å². The molecule has 1 aliphatic heterocycles. The number of carbonyl (C=O) groups is 2. The van der Waals surface area contributed by atoms with Gasteiger partial charge in [0.15, 0.2) is 0 Å². The Labute approximate surface area is 119 Å². The summed E-state index contributed by atoms with van der Waals surface area (Å²) in [4.78, 5) is 23.9. The Morgan fingerprint density at radius 1 is 1.48 bits per heavy atom. The molecule has 1 aromatic rings. The molecule has 0 spiro atoms. The van der Waals surface area contributed by atoms with Gasteiger partial charge in [-0.15, -0.1) is 0 Å². The first-order valence-corrected chi connectivity index (χ1v) is 6.10. The topological polar surface area (TPSA) is 114 Å². The van der Waals surface area contributed by atoms with Crippen molar-refractivity contribution in [1.29, 1.82) is 5.26 Å². The number of likely N-dealkylation sites (tertiary alicyclic amines) is 1. The largest absolute Gasteiger partial charge is 0.480 e. The van der Waals surface area contributed by atoms with E-state index in [4.69, 9.17) is 10.4 Å². The molecule has 1 saturated heterocycles. The van der Waals surface area contributed by atoms with E-state index in [1.807, 2.05) is 0 Å². The highest BCUT2D eigenvalue weighted by Gasteiger charge is 2.39. The standard InChI is InChI=1S/C13H12FN3O4/c14-9-3-7(5-15)1-2-10(9)16-13(21)17-6-8(18)4-11(17)12(19)20/h1-3,8,11,18H,4,6H2,(H,16,21)(H,19,20). The van der Waals surface area contributed by atoms with Crippen molar-refractivity contribution in [3.63, 3.8) is 0 Å². The summed E-state index contributed by atoms with van der Waals surface area (Å²) < 4.78 is 13.7. The van der Waals surface area contributed by atoms with Gasteiger partial charge in [-0.05, 0) is 18.2 Å². The summed E-state index contributed by atoms with van der Waals surface area (Å²) in [6.45, 7) is -0.138. The number of nitriles is 1. The zero-order valence-electron chi connectivity index (χ0n) is 10.8. The van der Waals surface area contributed by atoms with Crippen molar-refractivity contribution in [2.45, 2.75) is 18.6 Å². The predicted octanol–water partition coefficient (Wildman–Crippen LogP) is 0.749. The average molecular weight is 293 g/mol. The maximum atomic E-state index is 13.7. The van der Waals surface area contributed by atoms with Crippen LogP contribution < -0.4 is 5.32 Å². The number of anilines is 1. The van der Waals surface area contributed by atoms with Crippen molar-refractivity contribution in [3.05, 3.63) is 29.6 Å². The zero-order chi connectivity index (χ0) is 15.6. The molecule has 3 N–H and O–H groups in total. The Kier molecular flexibility index (Phi) is 4.05. The summed E-state index contributed by atoms with van der Waals surface area (Å²) in [5.74, 6) is -2.03. The SMILES string of the molecule is N#Cc1ccc(NC(=O)N2CC(O)CC2C(=O)O)c(F)c1. The van der Waals surface area contributed by atoms with Crippen LogP contribution in [0.4, 0.5) is 14.9 Å². The van der Waals surface area contributed by atoms with Gasteiger partial charge in [0.25, 0.3) is 0 Å². The molecule has 1 aromatic carbocycles.